The molecule has 25 heavy (non-hydrogen) atoms. The molecule has 5 rings (SSSR count). The molecule has 1 aliphatic heterocycles. The van der Waals surface area contributed by atoms with Crippen molar-refractivity contribution in [3.63, 3.8) is 0 Å². The van der Waals surface area contributed by atoms with Gasteiger partial charge >= 0.3 is 0 Å². The highest BCUT2D eigenvalue weighted by atomic mass is 32.2. The van der Waals surface area contributed by atoms with Crippen LogP contribution >= 0.6 is 0 Å². The molecule has 2 aromatic rings. The maximum Gasteiger partial charge on any atom is 0.214 e. The molecular weight excluding hydrogens is 340 g/mol. The van der Waals surface area contributed by atoms with E-state index in [2.05, 4.69) is 29.6 Å². The van der Waals surface area contributed by atoms with Crippen LogP contribution in [-0.4, -0.2) is 45.8 Å². The molecule has 134 valence electrons. The molecule has 0 aromatic carbocycles. The van der Waals surface area contributed by atoms with Crippen LogP contribution in [0.25, 0.3) is 5.65 Å². The third-order valence-corrected chi connectivity index (χ3v) is 7.62. The quantitative estimate of drug-likeness (QED) is 0.847. The zero-order valence-corrected chi connectivity index (χ0v) is 14.8. The molecule has 0 saturated heterocycles. The summed E-state index contributed by atoms with van der Waals surface area (Å²) in [6, 6.07) is 0.0649. The standard InChI is InChI=1S/C16H22N6O2S/c23-25(24,12-5-6-12)21-11-3-1-10(2-4-11)16-20-19-14-9-18-15-13(22(14)16)7-8-17-15/h9-12,17,21H,1-8H2/t10-,11+. The van der Waals surface area contributed by atoms with Crippen LogP contribution in [-0.2, 0) is 16.4 Å². The van der Waals surface area contributed by atoms with E-state index in [1.54, 1.807) is 6.20 Å². The van der Waals surface area contributed by atoms with Crippen molar-refractivity contribution < 1.29 is 8.42 Å². The fourth-order valence-corrected chi connectivity index (χ4v) is 5.74. The van der Waals surface area contributed by atoms with E-state index in [1.165, 1.54) is 0 Å². The van der Waals surface area contributed by atoms with Gasteiger partial charge in [-0.15, -0.1) is 10.2 Å². The Balaban J connectivity index is 1.34. The maximum atomic E-state index is 12.1. The largest absolute Gasteiger partial charge is 0.368 e. The lowest BCUT2D eigenvalue weighted by Crippen LogP contribution is -2.39. The first kappa shape index (κ1) is 15.5. The van der Waals surface area contributed by atoms with Crippen molar-refractivity contribution in [2.24, 2.45) is 0 Å². The maximum absolute atomic E-state index is 12.1. The molecule has 2 aromatic heterocycles. The summed E-state index contributed by atoms with van der Waals surface area (Å²) in [7, 11) is -3.10. The Bertz CT molecular complexity index is 912. The second kappa shape index (κ2) is 5.63. The monoisotopic (exact) mass is 362 g/mol. The zero-order valence-electron chi connectivity index (χ0n) is 14.0. The van der Waals surface area contributed by atoms with Crippen LogP contribution in [0.4, 0.5) is 5.82 Å². The van der Waals surface area contributed by atoms with E-state index in [-0.39, 0.29) is 11.3 Å². The molecule has 3 heterocycles. The van der Waals surface area contributed by atoms with Gasteiger partial charge in [-0.25, -0.2) is 18.1 Å². The van der Waals surface area contributed by atoms with Crippen molar-refractivity contribution in [3.8, 4) is 0 Å². The minimum Gasteiger partial charge on any atom is -0.368 e. The second-order valence-corrected chi connectivity index (χ2v) is 9.39. The SMILES string of the molecule is O=S(=O)(N[C@H]1CC[C@@H](c2nnc3cnc4c(n32)CCN4)CC1)C1CC1. The van der Waals surface area contributed by atoms with Crippen molar-refractivity contribution in [2.75, 3.05) is 11.9 Å². The summed E-state index contributed by atoms with van der Waals surface area (Å²) < 4.78 is 29.3. The first-order valence-corrected chi connectivity index (χ1v) is 10.6. The van der Waals surface area contributed by atoms with Gasteiger partial charge in [-0.1, -0.05) is 0 Å². The molecular formula is C16H22N6O2S. The first-order chi connectivity index (χ1) is 12.1. The van der Waals surface area contributed by atoms with Crippen LogP contribution in [0, 0.1) is 0 Å². The van der Waals surface area contributed by atoms with Gasteiger partial charge in [0.2, 0.25) is 10.0 Å². The molecule has 2 N–H and O–H groups in total. The van der Waals surface area contributed by atoms with Gasteiger partial charge in [0.15, 0.2) is 5.65 Å². The van der Waals surface area contributed by atoms with Gasteiger partial charge < -0.3 is 5.32 Å². The van der Waals surface area contributed by atoms with Crippen LogP contribution in [0.2, 0.25) is 0 Å². The Labute approximate surface area is 146 Å². The number of hydrogen-bond donors (Lipinski definition) is 2. The van der Waals surface area contributed by atoms with Crippen LogP contribution < -0.4 is 10.0 Å². The minimum atomic E-state index is -3.10. The Hall–Kier alpha value is -1.74. The average Bonchev–Trinajstić information content (AvgIpc) is 3.22. The third kappa shape index (κ3) is 2.69. The van der Waals surface area contributed by atoms with Crippen molar-refractivity contribution >= 4 is 21.5 Å². The van der Waals surface area contributed by atoms with Gasteiger partial charge in [0.05, 0.1) is 17.1 Å². The number of aromatic nitrogens is 4. The summed E-state index contributed by atoms with van der Waals surface area (Å²) in [6.07, 6.45) is 7.90. The van der Waals surface area contributed by atoms with Gasteiger partial charge in [0.1, 0.15) is 11.6 Å². The number of fused-ring (bicyclic) bond motifs is 3. The van der Waals surface area contributed by atoms with Crippen LogP contribution in [0.3, 0.4) is 0 Å². The van der Waals surface area contributed by atoms with E-state index in [0.29, 0.717) is 5.92 Å². The molecule has 0 spiro atoms. The number of nitrogens with one attached hydrogen (secondary N) is 2. The zero-order chi connectivity index (χ0) is 17.0. The fraction of sp³-hybridized carbons (Fsp3) is 0.688. The van der Waals surface area contributed by atoms with E-state index in [4.69, 9.17) is 0 Å². The fourth-order valence-electron chi connectivity index (χ4n) is 4.09. The second-order valence-electron chi connectivity index (χ2n) is 7.39. The summed E-state index contributed by atoms with van der Waals surface area (Å²) in [5.74, 6) is 2.25. The molecule has 2 fully saturated rings. The molecule has 0 unspecified atom stereocenters. The normalized spacial score (nSPS) is 26.6. The third-order valence-electron chi connectivity index (χ3n) is 5.61. The highest BCUT2D eigenvalue weighted by Gasteiger charge is 2.38. The Kier molecular flexibility index (Phi) is 3.50. The lowest BCUT2D eigenvalue weighted by Gasteiger charge is -2.28. The lowest BCUT2D eigenvalue weighted by atomic mass is 9.86. The first-order valence-electron chi connectivity index (χ1n) is 9.10. The summed E-state index contributed by atoms with van der Waals surface area (Å²) in [5.41, 5.74) is 1.96. The van der Waals surface area contributed by atoms with E-state index in [9.17, 15) is 8.42 Å². The highest BCUT2D eigenvalue weighted by Crippen LogP contribution is 2.35. The number of sulfonamides is 1. The summed E-state index contributed by atoms with van der Waals surface area (Å²) in [5, 5.41) is 11.9. The molecule has 3 aliphatic rings. The molecule has 0 atom stereocenters. The van der Waals surface area contributed by atoms with Crippen LogP contribution in [0.1, 0.15) is 56.0 Å². The Morgan fingerprint density at radius 3 is 2.68 bits per heavy atom. The highest BCUT2D eigenvalue weighted by molar-refractivity contribution is 7.90. The van der Waals surface area contributed by atoms with E-state index < -0.39 is 10.0 Å². The van der Waals surface area contributed by atoms with E-state index >= 15 is 0 Å². The predicted octanol–water partition coefficient (Wildman–Crippen LogP) is 1.20. The molecule has 2 aliphatic carbocycles. The summed E-state index contributed by atoms with van der Waals surface area (Å²) >= 11 is 0. The van der Waals surface area contributed by atoms with Gasteiger partial charge in [-0.05, 0) is 38.5 Å². The molecule has 0 radical (unpaired) electrons. The molecule has 9 heteroatoms. The average molecular weight is 362 g/mol. The van der Waals surface area contributed by atoms with Gasteiger partial charge in [-0.2, -0.15) is 0 Å². The number of anilines is 1. The van der Waals surface area contributed by atoms with Crippen LogP contribution in [0.5, 0.6) is 0 Å². The number of nitrogens with zero attached hydrogens (tertiary/aromatic N) is 4. The van der Waals surface area contributed by atoms with Gasteiger partial charge in [0.25, 0.3) is 0 Å². The topological polar surface area (TPSA) is 101 Å². The van der Waals surface area contributed by atoms with Crippen molar-refractivity contribution in [3.05, 3.63) is 17.7 Å². The molecule has 0 amide bonds. The lowest BCUT2D eigenvalue weighted by molar-refractivity contribution is 0.363. The number of rotatable bonds is 4. The summed E-state index contributed by atoms with van der Waals surface area (Å²) in [4.78, 5) is 4.41. The Morgan fingerprint density at radius 2 is 1.92 bits per heavy atom. The molecule has 8 nitrogen and oxygen atoms in total. The Morgan fingerprint density at radius 1 is 1.12 bits per heavy atom. The van der Waals surface area contributed by atoms with Gasteiger partial charge in [-0.3, -0.25) is 4.40 Å². The minimum absolute atomic E-state index is 0.0649. The number of hydrogen-bond acceptors (Lipinski definition) is 6. The predicted molar refractivity (Wildman–Crippen MR) is 93.1 cm³/mol. The smallest absolute Gasteiger partial charge is 0.214 e. The van der Waals surface area contributed by atoms with Gasteiger partial charge in [0, 0.05) is 24.9 Å². The van der Waals surface area contributed by atoms with Crippen LogP contribution in [0.15, 0.2) is 6.20 Å². The van der Waals surface area contributed by atoms with E-state index in [1.807, 2.05) is 0 Å². The van der Waals surface area contributed by atoms with E-state index in [0.717, 1.165) is 74.5 Å². The van der Waals surface area contributed by atoms with Crippen molar-refractivity contribution in [2.45, 2.75) is 62.2 Å². The molecule has 2 saturated carbocycles. The van der Waals surface area contributed by atoms with Crippen molar-refractivity contribution in [1.29, 1.82) is 0 Å². The molecule has 0 bridgehead atoms. The summed E-state index contributed by atoms with van der Waals surface area (Å²) in [6.45, 7) is 0.898. The van der Waals surface area contributed by atoms with Crippen molar-refractivity contribution in [1.82, 2.24) is 24.3 Å².